The number of rotatable bonds is 7. The summed E-state index contributed by atoms with van der Waals surface area (Å²) in [6.45, 7) is 3.68. The average Bonchev–Trinajstić information content (AvgIpc) is 2.54. The molecule has 0 spiro atoms. The third-order valence-corrected chi connectivity index (χ3v) is 3.87. The molecular weight excluding hydrogens is 302 g/mol. The maximum atomic E-state index is 12.2. The summed E-state index contributed by atoms with van der Waals surface area (Å²) in [5, 5.41) is 11.7. The summed E-state index contributed by atoms with van der Waals surface area (Å²) in [6.07, 6.45) is 0.728. The van der Waals surface area contributed by atoms with Crippen LogP contribution in [0.4, 0.5) is 0 Å². The molecule has 0 aromatic heterocycles. The summed E-state index contributed by atoms with van der Waals surface area (Å²) in [5.74, 6) is -0.952. The van der Waals surface area contributed by atoms with Crippen LogP contribution >= 0.6 is 0 Å². The number of amides is 1. The highest BCUT2D eigenvalue weighted by Gasteiger charge is 2.21. The highest BCUT2D eigenvalue weighted by molar-refractivity contribution is 5.79. The summed E-state index contributed by atoms with van der Waals surface area (Å²) in [5.41, 5.74) is 2.66. The summed E-state index contributed by atoms with van der Waals surface area (Å²) in [6, 6.07) is 18.0. The van der Waals surface area contributed by atoms with Gasteiger partial charge >= 0.3 is 5.97 Å². The first-order chi connectivity index (χ1) is 11.4. The Morgan fingerprint density at radius 1 is 0.958 bits per heavy atom. The second-order valence-electron chi connectivity index (χ2n) is 6.57. The van der Waals surface area contributed by atoms with Crippen LogP contribution in [0.2, 0.25) is 0 Å². The standard InChI is InChI=1S/C20H23NO3/c1-20(2,13-12-19(23)24)21-18(22)14-15-8-10-17(11-9-15)16-6-4-3-5-7-16/h3-11H,12-14H2,1-2H3,(H,21,22)(H,23,24). The molecule has 4 nitrogen and oxygen atoms in total. The van der Waals surface area contributed by atoms with Crippen molar-refractivity contribution in [2.75, 3.05) is 0 Å². The second kappa shape index (κ2) is 7.77. The van der Waals surface area contributed by atoms with Crippen LogP contribution in [0.15, 0.2) is 54.6 Å². The molecule has 4 heteroatoms. The van der Waals surface area contributed by atoms with E-state index in [1.807, 2.05) is 68.4 Å². The van der Waals surface area contributed by atoms with Crippen molar-refractivity contribution in [1.82, 2.24) is 5.32 Å². The van der Waals surface area contributed by atoms with Crippen LogP contribution in [0.1, 0.15) is 32.3 Å². The molecule has 2 aromatic carbocycles. The van der Waals surface area contributed by atoms with Gasteiger partial charge in [0.25, 0.3) is 0 Å². The molecule has 0 aliphatic heterocycles. The van der Waals surface area contributed by atoms with Gasteiger partial charge in [-0.2, -0.15) is 0 Å². The van der Waals surface area contributed by atoms with E-state index in [-0.39, 0.29) is 18.7 Å². The van der Waals surface area contributed by atoms with Crippen molar-refractivity contribution in [2.24, 2.45) is 0 Å². The third-order valence-electron chi connectivity index (χ3n) is 3.87. The number of hydrogen-bond acceptors (Lipinski definition) is 2. The van der Waals surface area contributed by atoms with Crippen LogP contribution in [0, 0.1) is 0 Å². The Kier molecular flexibility index (Phi) is 5.74. The van der Waals surface area contributed by atoms with Gasteiger partial charge in [0.05, 0.1) is 6.42 Å². The molecule has 0 fully saturated rings. The molecule has 0 atom stereocenters. The molecule has 0 heterocycles. The first-order valence-corrected chi connectivity index (χ1v) is 8.03. The number of aliphatic carboxylic acids is 1. The zero-order valence-corrected chi connectivity index (χ0v) is 14.1. The fourth-order valence-electron chi connectivity index (χ4n) is 2.53. The van der Waals surface area contributed by atoms with Crippen LogP contribution in [0.3, 0.4) is 0 Å². The van der Waals surface area contributed by atoms with Gasteiger partial charge in [-0.15, -0.1) is 0 Å². The maximum absolute atomic E-state index is 12.2. The summed E-state index contributed by atoms with van der Waals surface area (Å²) in [7, 11) is 0. The van der Waals surface area contributed by atoms with E-state index >= 15 is 0 Å². The fourth-order valence-corrected chi connectivity index (χ4v) is 2.53. The molecule has 1 amide bonds. The minimum atomic E-state index is -0.853. The molecule has 2 aromatic rings. The minimum Gasteiger partial charge on any atom is -0.481 e. The molecule has 0 radical (unpaired) electrons. The van der Waals surface area contributed by atoms with E-state index in [9.17, 15) is 9.59 Å². The van der Waals surface area contributed by atoms with Gasteiger partial charge in [-0.25, -0.2) is 0 Å². The van der Waals surface area contributed by atoms with Crippen LogP contribution in [0.5, 0.6) is 0 Å². The Labute approximate surface area is 142 Å². The number of hydrogen-bond donors (Lipinski definition) is 2. The minimum absolute atomic E-state index is 0.0407. The monoisotopic (exact) mass is 325 g/mol. The quantitative estimate of drug-likeness (QED) is 0.816. The second-order valence-corrected chi connectivity index (χ2v) is 6.57. The number of nitrogens with one attached hydrogen (secondary N) is 1. The van der Waals surface area contributed by atoms with Crippen molar-refractivity contribution in [1.29, 1.82) is 0 Å². The molecular formula is C20H23NO3. The molecule has 0 saturated carbocycles. The highest BCUT2D eigenvalue weighted by Crippen LogP contribution is 2.19. The number of benzene rings is 2. The lowest BCUT2D eigenvalue weighted by molar-refractivity contribution is -0.137. The van der Waals surface area contributed by atoms with Gasteiger partial charge in [-0.1, -0.05) is 54.6 Å². The number of carboxylic acid groups (broad SMARTS) is 1. The van der Waals surface area contributed by atoms with Gasteiger partial charge in [0, 0.05) is 12.0 Å². The van der Waals surface area contributed by atoms with Crippen molar-refractivity contribution in [3.63, 3.8) is 0 Å². The fraction of sp³-hybridized carbons (Fsp3) is 0.300. The van der Waals surface area contributed by atoms with E-state index in [1.165, 1.54) is 0 Å². The lowest BCUT2D eigenvalue weighted by Gasteiger charge is -2.25. The summed E-state index contributed by atoms with van der Waals surface area (Å²) in [4.78, 5) is 22.8. The molecule has 0 saturated heterocycles. The first kappa shape index (κ1) is 17.7. The van der Waals surface area contributed by atoms with Crippen LogP contribution in [0.25, 0.3) is 11.1 Å². The number of carbonyl (C=O) groups is 2. The lowest BCUT2D eigenvalue weighted by Crippen LogP contribution is -2.44. The molecule has 0 unspecified atom stereocenters. The summed E-state index contributed by atoms with van der Waals surface area (Å²) < 4.78 is 0. The van der Waals surface area contributed by atoms with Crippen molar-refractivity contribution in [3.05, 3.63) is 60.2 Å². The molecule has 2 rings (SSSR count). The zero-order valence-electron chi connectivity index (χ0n) is 14.1. The van der Waals surface area contributed by atoms with Gasteiger partial charge in [-0.05, 0) is 37.0 Å². The molecule has 24 heavy (non-hydrogen) atoms. The lowest BCUT2D eigenvalue weighted by atomic mass is 9.97. The van der Waals surface area contributed by atoms with Gasteiger partial charge in [0.1, 0.15) is 0 Å². The molecule has 0 aliphatic carbocycles. The van der Waals surface area contributed by atoms with Crippen molar-refractivity contribution in [2.45, 2.75) is 38.6 Å². The molecule has 126 valence electrons. The van der Waals surface area contributed by atoms with Gasteiger partial charge in [-0.3, -0.25) is 9.59 Å². The van der Waals surface area contributed by atoms with Crippen molar-refractivity contribution in [3.8, 4) is 11.1 Å². The van der Waals surface area contributed by atoms with Gasteiger partial charge in [0.2, 0.25) is 5.91 Å². The van der Waals surface area contributed by atoms with Gasteiger partial charge < -0.3 is 10.4 Å². The Balaban J connectivity index is 1.93. The van der Waals surface area contributed by atoms with E-state index in [1.54, 1.807) is 0 Å². The molecule has 0 aliphatic rings. The Bertz CT molecular complexity index is 691. The van der Waals surface area contributed by atoms with E-state index in [0.29, 0.717) is 6.42 Å². The normalized spacial score (nSPS) is 11.1. The third kappa shape index (κ3) is 5.54. The highest BCUT2D eigenvalue weighted by atomic mass is 16.4. The van der Waals surface area contributed by atoms with Crippen LogP contribution in [-0.4, -0.2) is 22.5 Å². The van der Waals surface area contributed by atoms with Crippen LogP contribution < -0.4 is 5.32 Å². The smallest absolute Gasteiger partial charge is 0.303 e. The SMILES string of the molecule is CC(C)(CCC(=O)O)NC(=O)Cc1ccc(-c2ccccc2)cc1. The predicted octanol–water partition coefficient (Wildman–Crippen LogP) is 3.66. The molecule has 2 N–H and O–H groups in total. The zero-order chi connectivity index (χ0) is 17.6. The Hall–Kier alpha value is -2.62. The number of carboxylic acids is 1. The average molecular weight is 325 g/mol. The number of carbonyl (C=O) groups excluding carboxylic acids is 1. The van der Waals surface area contributed by atoms with E-state index in [2.05, 4.69) is 5.32 Å². The van der Waals surface area contributed by atoms with Gasteiger partial charge in [0.15, 0.2) is 0 Å². The van der Waals surface area contributed by atoms with E-state index < -0.39 is 11.5 Å². The van der Waals surface area contributed by atoms with E-state index in [4.69, 9.17) is 5.11 Å². The Morgan fingerprint density at radius 2 is 1.54 bits per heavy atom. The first-order valence-electron chi connectivity index (χ1n) is 8.03. The topological polar surface area (TPSA) is 66.4 Å². The van der Waals surface area contributed by atoms with Crippen molar-refractivity contribution < 1.29 is 14.7 Å². The van der Waals surface area contributed by atoms with Crippen LogP contribution in [-0.2, 0) is 16.0 Å². The largest absolute Gasteiger partial charge is 0.481 e. The van der Waals surface area contributed by atoms with Crippen molar-refractivity contribution >= 4 is 11.9 Å². The summed E-state index contributed by atoms with van der Waals surface area (Å²) >= 11 is 0. The van der Waals surface area contributed by atoms with E-state index in [0.717, 1.165) is 16.7 Å². The Morgan fingerprint density at radius 3 is 2.12 bits per heavy atom. The maximum Gasteiger partial charge on any atom is 0.303 e. The molecule has 0 bridgehead atoms. The predicted molar refractivity (Wildman–Crippen MR) is 94.7 cm³/mol.